The van der Waals surface area contributed by atoms with Crippen molar-refractivity contribution in [3.05, 3.63) is 60.2 Å². The molecule has 0 N–H and O–H groups in total. The van der Waals surface area contributed by atoms with E-state index in [1.165, 1.54) is 29.2 Å². The first-order chi connectivity index (χ1) is 13.4. The Bertz CT molecular complexity index is 966. The van der Waals surface area contributed by atoms with Crippen LogP contribution in [0, 0.1) is 11.3 Å². The molecular weight excluding hydrogens is 374 g/mol. The summed E-state index contributed by atoms with van der Waals surface area (Å²) in [5.41, 5.74) is 0.956. The van der Waals surface area contributed by atoms with Crippen molar-refractivity contribution in [2.24, 2.45) is 0 Å². The van der Waals surface area contributed by atoms with Crippen molar-refractivity contribution < 1.29 is 13.2 Å². The number of rotatable bonds is 5. The fourth-order valence-electron chi connectivity index (χ4n) is 3.45. The van der Waals surface area contributed by atoms with Gasteiger partial charge in [-0.25, -0.2) is 8.42 Å². The van der Waals surface area contributed by atoms with Crippen LogP contribution in [0.1, 0.15) is 36.5 Å². The monoisotopic (exact) mass is 397 g/mol. The number of sulfonamides is 1. The van der Waals surface area contributed by atoms with E-state index in [0.29, 0.717) is 17.8 Å². The predicted molar refractivity (Wildman–Crippen MR) is 107 cm³/mol. The molecule has 3 rings (SSSR count). The van der Waals surface area contributed by atoms with E-state index in [0.717, 1.165) is 19.3 Å². The van der Waals surface area contributed by atoms with Gasteiger partial charge in [-0.05, 0) is 56.2 Å². The van der Waals surface area contributed by atoms with E-state index in [9.17, 15) is 13.2 Å². The number of hydrogen-bond acceptors (Lipinski definition) is 4. The number of amides is 1. The predicted octanol–water partition coefficient (Wildman–Crippen LogP) is 3.42. The van der Waals surface area contributed by atoms with Gasteiger partial charge in [0.2, 0.25) is 10.0 Å². The molecule has 1 saturated heterocycles. The van der Waals surface area contributed by atoms with Crippen LogP contribution in [0.25, 0.3) is 0 Å². The SMILES string of the molecule is C[C@H]1CCCCN1S(=O)(=O)c1ccc(C(=O)N(CC#N)c2ccccc2)cc1. The number of anilines is 1. The van der Waals surface area contributed by atoms with Gasteiger partial charge in [0.1, 0.15) is 6.54 Å². The Labute approximate surface area is 166 Å². The quantitative estimate of drug-likeness (QED) is 0.724. The highest BCUT2D eigenvalue weighted by Crippen LogP contribution is 2.25. The lowest BCUT2D eigenvalue weighted by Gasteiger charge is -2.32. The Morgan fingerprint density at radius 3 is 2.43 bits per heavy atom. The molecule has 6 nitrogen and oxygen atoms in total. The van der Waals surface area contributed by atoms with Crippen LogP contribution in [0.3, 0.4) is 0 Å². The second kappa shape index (κ2) is 8.55. The number of hydrogen-bond donors (Lipinski definition) is 0. The average molecular weight is 398 g/mol. The summed E-state index contributed by atoms with van der Waals surface area (Å²) in [6.07, 6.45) is 2.76. The number of piperidine rings is 1. The summed E-state index contributed by atoms with van der Waals surface area (Å²) in [6, 6.07) is 16.9. The molecule has 2 aromatic carbocycles. The third-order valence-electron chi connectivity index (χ3n) is 4.99. The number of para-hydroxylation sites is 1. The highest BCUT2D eigenvalue weighted by Gasteiger charge is 2.31. The smallest absolute Gasteiger partial charge is 0.259 e. The van der Waals surface area contributed by atoms with Crippen LogP contribution >= 0.6 is 0 Å². The molecule has 0 spiro atoms. The van der Waals surface area contributed by atoms with Crippen LogP contribution in [0.4, 0.5) is 5.69 Å². The Morgan fingerprint density at radius 2 is 1.82 bits per heavy atom. The summed E-state index contributed by atoms with van der Waals surface area (Å²) in [7, 11) is -3.58. The molecule has 1 atom stereocenters. The zero-order valence-electron chi connectivity index (χ0n) is 15.8. The summed E-state index contributed by atoms with van der Waals surface area (Å²) in [6.45, 7) is 2.36. The van der Waals surface area contributed by atoms with Crippen molar-refractivity contribution in [3.8, 4) is 6.07 Å². The van der Waals surface area contributed by atoms with Gasteiger partial charge in [0.05, 0.1) is 11.0 Å². The summed E-state index contributed by atoms with van der Waals surface area (Å²) in [5.74, 6) is -0.344. The Hall–Kier alpha value is -2.69. The molecule has 0 aromatic heterocycles. The number of carbonyl (C=O) groups is 1. The fourth-order valence-corrected chi connectivity index (χ4v) is 5.15. The van der Waals surface area contributed by atoms with Crippen molar-refractivity contribution in [2.45, 2.75) is 37.1 Å². The van der Waals surface area contributed by atoms with Gasteiger partial charge in [-0.2, -0.15) is 9.57 Å². The Kier molecular flexibility index (Phi) is 6.12. The van der Waals surface area contributed by atoms with Crippen LogP contribution in [0.5, 0.6) is 0 Å². The van der Waals surface area contributed by atoms with E-state index in [1.54, 1.807) is 28.6 Å². The summed E-state index contributed by atoms with van der Waals surface area (Å²) >= 11 is 0. The first-order valence-electron chi connectivity index (χ1n) is 9.31. The minimum Gasteiger partial charge on any atom is -0.295 e. The third kappa shape index (κ3) is 4.08. The molecule has 0 aliphatic carbocycles. The average Bonchev–Trinajstić information content (AvgIpc) is 2.72. The molecule has 1 amide bonds. The maximum absolute atomic E-state index is 12.9. The topological polar surface area (TPSA) is 81.5 Å². The lowest BCUT2D eigenvalue weighted by molar-refractivity contribution is 0.0990. The molecule has 0 bridgehead atoms. The van der Waals surface area contributed by atoms with Crippen molar-refractivity contribution in [3.63, 3.8) is 0 Å². The molecule has 1 fully saturated rings. The first-order valence-corrected chi connectivity index (χ1v) is 10.7. The van der Waals surface area contributed by atoms with Crippen LogP contribution < -0.4 is 4.90 Å². The molecule has 1 aliphatic rings. The minimum absolute atomic E-state index is 0.0238. The summed E-state index contributed by atoms with van der Waals surface area (Å²) in [5, 5.41) is 9.08. The fraction of sp³-hybridized carbons (Fsp3) is 0.333. The maximum Gasteiger partial charge on any atom is 0.259 e. The van der Waals surface area contributed by atoms with Crippen LogP contribution in [0.15, 0.2) is 59.5 Å². The third-order valence-corrected chi connectivity index (χ3v) is 7.02. The van der Waals surface area contributed by atoms with E-state index in [-0.39, 0.29) is 23.4 Å². The van der Waals surface area contributed by atoms with Crippen molar-refractivity contribution in [1.29, 1.82) is 5.26 Å². The standard InChI is InChI=1S/C21H23N3O3S/c1-17-7-5-6-15-24(17)28(26,27)20-12-10-18(11-13-20)21(25)23(16-14-22)19-8-3-2-4-9-19/h2-4,8-13,17H,5-7,15-16H2,1H3/t17-/m0/s1. The number of nitrogens with zero attached hydrogens (tertiary/aromatic N) is 3. The zero-order chi connectivity index (χ0) is 20.1. The van der Waals surface area contributed by atoms with Crippen molar-refractivity contribution in [2.75, 3.05) is 18.0 Å². The molecule has 1 aliphatic heterocycles. The van der Waals surface area contributed by atoms with Gasteiger partial charge in [0.25, 0.3) is 5.91 Å². The lowest BCUT2D eigenvalue weighted by Crippen LogP contribution is -2.41. The van der Waals surface area contributed by atoms with Crippen LogP contribution in [-0.4, -0.2) is 37.8 Å². The largest absolute Gasteiger partial charge is 0.295 e. The first kappa shape index (κ1) is 20.1. The van der Waals surface area contributed by atoms with E-state index in [1.807, 2.05) is 19.1 Å². The van der Waals surface area contributed by atoms with Gasteiger partial charge in [-0.3, -0.25) is 9.69 Å². The highest BCUT2D eigenvalue weighted by atomic mass is 32.2. The molecule has 1 heterocycles. The van der Waals surface area contributed by atoms with Gasteiger partial charge in [0.15, 0.2) is 0 Å². The van der Waals surface area contributed by atoms with E-state index in [4.69, 9.17) is 5.26 Å². The van der Waals surface area contributed by atoms with Crippen molar-refractivity contribution in [1.82, 2.24) is 4.31 Å². The van der Waals surface area contributed by atoms with Gasteiger partial charge < -0.3 is 0 Å². The lowest BCUT2D eigenvalue weighted by atomic mass is 10.1. The molecule has 0 saturated carbocycles. The zero-order valence-corrected chi connectivity index (χ0v) is 16.6. The van der Waals surface area contributed by atoms with E-state index < -0.39 is 10.0 Å². The molecule has 0 unspecified atom stereocenters. The van der Waals surface area contributed by atoms with Gasteiger partial charge >= 0.3 is 0 Å². The second-order valence-electron chi connectivity index (χ2n) is 6.87. The summed E-state index contributed by atoms with van der Waals surface area (Å²) < 4.78 is 27.4. The number of benzene rings is 2. The van der Waals surface area contributed by atoms with Crippen LogP contribution in [0.2, 0.25) is 0 Å². The molecule has 2 aromatic rings. The molecular formula is C21H23N3O3S. The normalized spacial score (nSPS) is 17.6. The highest BCUT2D eigenvalue weighted by molar-refractivity contribution is 7.89. The van der Waals surface area contributed by atoms with Crippen LogP contribution in [-0.2, 0) is 10.0 Å². The molecule has 7 heteroatoms. The molecule has 28 heavy (non-hydrogen) atoms. The van der Waals surface area contributed by atoms with E-state index >= 15 is 0 Å². The van der Waals surface area contributed by atoms with Gasteiger partial charge in [-0.15, -0.1) is 0 Å². The Balaban J connectivity index is 1.85. The number of nitriles is 1. The summed E-state index contributed by atoms with van der Waals surface area (Å²) in [4.78, 5) is 14.4. The van der Waals surface area contributed by atoms with E-state index in [2.05, 4.69) is 0 Å². The van der Waals surface area contributed by atoms with Gasteiger partial charge in [-0.1, -0.05) is 24.6 Å². The second-order valence-corrected chi connectivity index (χ2v) is 8.76. The molecule has 0 radical (unpaired) electrons. The number of carbonyl (C=O) groups excluding carboxylic acids is 1. The maximum atomic E-state index is 12.9. The van der Waals surface area contributed by atoms with Gasteiger partial charge in [0, 0.05) is 23.8 Å². The molecule has 146 valence electrons. The minimum atomic E-state index is -3.58. The Morgan fingerprint density at radius 1 is 1.14 bits per heavy atom. The van der Waals surface area contributed by atoms with Crippen molar-refractivity contribution >= 4 is 21.6 Å².